The van der Waals surface area contributed by atoms with Gasteiger partial charge in [0.15, 0.2) is 0 Å². The van der Waals surface area contributed by atoms with Crippen LogP contribution in [-0.4, -0.2) is 36.1 Å². The van der Waals surface area contributed by atoms with Crippen LogP contribution in [0.15, 0.2) is 24.3 Å². The van der Waals surface area contributed by atoms with E-state index in [4.69, 9.17) is 5.11 Å². The molecule has 1 atom stereocenters. The molecule has 1 amide bonds. The highest BCUT2D eigenvalue weighted by Crippen LogP contribution is 2.10. The Balaban J connectivity index is 2.82. The highest BCUT2D eigenvalue weighted by atomic mass is 16.5. The van der Waals surface area contributed by atoms with E-state index in [2.05, 4.69) is 10.1 Å². The first-order valence-corrected chi connectivity index (χ1v) is 6.55. The summed E-state index contributed by atoms with van der Waals surface area (Å²) in [5.74, 6) is -2.17. The molecule has 0 aromatic heterocycles. The highest BCUT2D eigenvalue weighted by Gasteiger charge is 2.25. The summed E-state index contributed by atoms with van der Waals surface area (Å²) in [6, 6.07) is 5.52. The number of ether oxygens (including phenoxy) is 1. The first-order chi connectivity index (χ1) is 9.86. The van der Waals surface area contributed by atoms with Crippen molar-refractivity contribution in [2.45, 2.75) is 26.3 Å². The Kier molecular flexibility index (Phi) is 5.90. The van der Waals surface area contributed by atoms with E-state index >= 15 is 0 Å². The number of aromatic carboxylic acids is 1. The van der Waals surface area contributed by atoms with Crippen molar-refractivity contribution in [1.82, 2.24) is 5.32 Å². The maximum Gasteiger partial charge on any atom is 0.335 e. The average Bonchev–Trinajstić information content (AvgIpc) is 2.44. The zero-order valence-electron chi connectivity index (χ0n) is 12.3. The number of hydrogen-bond donors (Lipinski definition) is 2. The molecular weight excluding hydrogens is 274 g/mol. The van der Waals surface area contributed by atoms with Crippen LogP contribution < -0.4 is 5.32 Å². The van der Waals surface area contributed by atoms with Crippen LogP contribution in [0.2, 0.25) is 0 Å². The quantitative estimate of drug-likeness (QED) is 0.770. The van der Waals surface area contributed by atoms with Gasteiger partial charge in [-0.15, -0.1) is 0 Å². The number of hydrogen-bond acceptors (Lipinski definition) is 4. The van der Waals surface area contributed by atoms with E-state index in [1.54, 1.807) is 32.0 Å². The zero-order valence-corrected chi connectivity index (χ0v) is 12.3. The second-order valence-corrected chi connectivity index (χ2v) is 4.95. The summed E-state index contributed by atoms with van der Waals surface area (Å²) >= 11 is 0. The molecule has 6 nitrogen and oxygen atoms in total. The minimum Gasteiger partial charge on any atom is -0.478 e. The molecule has 1 unspecified atom stereocenters. The van der Waals surface area contributed by atoms with Crippen molar-refractivity contribution in [2.75, 3.05) is 7.11 Å². The molecule has 1 aromatic carbocycles. The van der Waals surface area contributed by atoms with Crippen LogP contribution in [0.5, 0.6) is 0 Å². The van der Waals surface area contributed by atoms with Gasteiger partial charge in [-0.25, -0.2) is 9.59 Å². The van der Waals surface area contributed by atoms with Gasteiger partial charge in [0.1, 0.15) is 6.04 Å². The smallest absolute Gasteiger partial charge is 0.335 e. The average molecular weight is 293 g/mol. The predicted octanol–water partition coefficient (Wildman–Crippen LogP) is 1.24. The van der Waals surface area contributed by atoms with Gasteiger partial charge in [-0.2, -0.15) is 0 Å². The van der Waals surface area contributed by atoms with E-state index in [0.717, 1.165) is 0 Å². The van der Waals surface area contributed by atoms with Crippen molar-refractivity contribution in [3.8, 4) is 0 Å². The molecule has 1 aromatic rings. The van der Waals surface area contributed by atoms with Gasteiger partial charge in [0, 0.05) is 0 Å². The monoisotopic (exact) mass is 293 g/mol. The molecule has 0 fully saturated rings. The van der Waals surface area contributed by atoms with Crippen molar-refractivity contribution < 1.29 is 24.2 Å². The number of esters is 1. The fourth-order valence-electron chi connectivity index (χ4n) is 1.91. The predicted molar refractivity (Wildman–Crippen MR) is 75.9 cm³/mol. The molecule has 2 N–H and O–H groups in total. The number of amides is 1. The van der Waals surface area contributed by atoms with Gasteiger partial charge in [-0.05, 0) is 17.5 Å². The number of methoxy groups -OCH3 is 1. The molecule has 0 aliphatic rings. The van der Waals surface area contributed by atoms with E-state index in [-0.39, 0.29) is 17.9 Å². The number of benzene rings is 1. The third-order valence-electron chi connectivity index (χ3n) is 3.04. The van der Waals surface area contributed by atoms with Crippen molar-refractivity contribution in [2.24, 2.45) is 5.92 Å². The molecule has 0 saturated carbocycles. The van der Waals surface area contributed by atoms with Crippen molar-refractivity contribution in [3.05, 3.63) is 35.4 Å². The Morgan fingerprint density at radius 3 is 2.38 bits per heavy atom. The van der Waals surface area contributed by atoms with E-state index in [0.29, 0.717) is 5.56 Å². The Morgan fingerprint density at radius 2 is 1.86 bits per heavy atom. The van der Waals surface area contributed by atoms with Crippen LogP contribution in [0.1, 0.15) is 29.8 Å². The Hall–Kier alpha value is -2.37. The number of carbonyl (C=O) groups excluding carboxylic acids is 2. The maximum absolute atomic E-state index is 12.0. The van der Waals surface area contributed by atoms with Gasteiger partial charge >= 0.3 is 11.9 Å². The van der Waals surface area contributed by atoms with Gasteiger partial charge in [0.2, 0.25) is 5.91 Å². The standard InChI is InChI=1S/C15H19NO5/c1-9(2)13(15(20)21-3)16-12(17)8-10-6-4-5-7-11(10)14(18)19/h4-7,9,13H,8H2,1-3H3,(H,16,17)(H,18,19). The van der Waals surface area contributed by atoms with Gasteiger partial charge in [-0.1, -0.05) is 32.0 Å². The van der Waals surface area contributed by atoms with Crippen LogP contribution in [-0.2, 0) is 20.7 Å². The summed E-state index contributed by atoms with van der Waals surface area (Å²) in [6.45, 7) is 3.57. The molecule has 0 radical (unpaired) electrons. The summed E-state index contributed by atoms with van der Waals surface area (Å²) in [5.41, 5.74) is 0.474. The molecular formula is C15H19NO5. The molecule has 0 aliphatic heterocycles. The zero-order chi connectivity index (χ0) is 16.0. The van der Waals surface area contributed by atoms with Gasteiger partial charge in [0.05, 0.1) is 19.1 Å². The van der Waals surface area contributed by atoms with Crippen molar-refractivity contribution >= 4 is 17.8 Å². The molecule has 1 rings (SSSR count). The first-order valence-electron chi connectivity index (χ1n) is 6.55. The summed E-state index contributed by atoms with van der Waals surface area (Å²) in [6.07, 6.45) is -0.108. The minimum absolute atomic E-state index is 0.0758. The van der Waals surface area contributed by atoms with Crippen molar-refractivity contribution in [1.29, 1.82) is 0 Å². The lowest BCUT2D eigenvalue weighted by molar-refractivity contribution is -0.146. The van der Waals surface area contributed by atoms with E-state index < -0.39 is 23.9 Å². The molecule has 21 heavy (non-hydrogen) atoms. The van der Waals surface area contributed by atoms with E-state index in [1.165, 1.54) is 13.2 Å². The lowest BCUT2D eigenvalue weighted by Crippen LogP contribution is -2.45. The molecule has 0 bridgehead atoms. The third-order valence-corrected chi connectivity index (χ3v) is 3.04. The lowest BCUT2D eigenvalue weighted by atomic mass is 10.0. The highest BCUT2D eigenvalue weighted by molar-refractivity contribution is 5.92. The Bertz CT molecular complexity index is 539. The topological polar surface area (TPSA) is 92.7 Å². The molecule has 0 aliphatic carbocycles. The molecule has 0 saturated heterocycles. The maximum atomic E-state index is 12.0. The largest absolute Gasteiger partial charge is 0.478 e. The summed E-state index contributed by atoms with van der Waals surface area (Å²) in [5, 5.41) is 11.6. The van der Waals surface area contributed by atoms with Crippen molar-refractivity contribution in [3.63, 3.8) is 0 Å². The van der Waals surface area contributed by atoms with Crippen LogP contribution in [0.3, 0.4) is 0 Å². The fourth-order valence-corrected chi connectivity index (χ4v) is 1.91. The number of carbonyl (C=O) groups is 3. The molecule has 0 spiro atoms. The molecule has 114 valence electrons. The van der Waals surface area contributed by atoms with E-state index in [9.17, 15) is 14.4 Å². The summed E-state index contributed by atoms with van der Waals surface area (Å²) in [4.78, 5) is 34.7. The number of nitrogens with one attached hydrogen (secondary N) is 1. The fraction of sp³-hybridized carbons (Fsp3) is 0.400. The third kappa shape index (κ3) is 4.59. The van der Waals surface area contributed by atoms with Gasteiger partial charge < -0.3 is 15.2 Å². The normalized spacial score (nSPS) is 11.8. The van der Waals surface area contributed by atoms with Crippen LogP contribution in [0.4, 0.5) is 0 Å². The van der Waals surface area contributed by atoms with Crippen LogP contribution >= 0.6 is 0 Å². The van der Waals surface area contributed by atoms with Gasteiger partial charge in [-0.3, -0.25) is 4.79 Å². The van der Waals surface area contributed by atoms with Crippen LogP contribution in [0, 0.1) is 5.92 Å². The Morgan fingerprint density at radius 1 is 1.24 bits per heavy atom. The Labute approximate surface area is 123 Å². The molecule has 0 heterocycles. The summed E-state index contributed by atoms with van der Waals surface area (Å²) < 4.78 is 4.64. The first kappa shape index (κ1) is 16.7. The summed E-state index contributed by atoms with van der Waals surface area (Å²) in [7, 11) is 1.25. The van der Waals surface area contributed by atoms with Crippen LogP contribution in [0.25, 0.3) is 0 Å². The number of carboxylic acids is 1. The lowest BCUT2D eigenvalue weighted by Gasteiger charge is -2.20. The number of rotatable bonds is 6. The minimum atomic E-state index is -1.09. The van der Waals surface area contributed by atoms with Gasteiger partial charge in [0.25, 0.3) is 0 Å². The second-order valence-electron chi connectivity index (χ2n) is 4.95. The van der Waals surface area contributed by atoms with E-state index in [1.807, 2.05) is 0 Å². The molecule has 6 heteroatoms. The second kappa shape index (κ2) is 7.42. The SMILES string of the molecule is COC(=O)C(NC(=O)Cc1ccccc1C(=O)O)C(C)C. The number of carboxylic acid groups (broad SMARTS) is 1.